The van der Waals surface area contributed by atoms with Crippen molar-refractivity contribution in [1.82, 2.24) is 4.90 Å². The molecule has 2 unspecified atom stereocenters. The first-order valence-corrected chi connectivity index (χ1v) is 6.33. The van der Waals surface area contributed by atoms with Gasteiger partial charge in [0, 0.05) is 19.1 Å². The number of likely N-dealkylation sites (N-methyl/N-ethyl adjacent to an activating group) is 1. The smallest absolute Gasteiger partial charge is 0.0923 e. The van der Waals surface area contributed by atoms with Crippen LogP contribution in [0.5, 0.6) is 0 Å². The number of hydrogen-bond acceptors (Lipinski definition) is 3. The SMILES string of the molecule is CC(N(C)CC(O)(CN)C1CC1)C(C)(C)C. The number of nitrogens with zero attached hydrogens (tertiary/aromatic N) is 1. The summed E-state index contributed by atoms with van der Waals surface area (Å²) in [5.74, 6) is 0.423. The van der Waals surface area contributed by atoms with E-state index in [4.69, 9.17) is 5.73 Å². The van der Waals surface area contributed by atoms with Crippen molar-refractivity contribution in [3.05, 3.63) is 0 Å². The minimum absolute atomic E-state index is 0.230. The van der Waals surface area contributed by atoms with Gasteiger partial charge in [-0.25, -0.2) is 0 Å². The fourth-order valence-electron chi connectivity index (χ4n) is 2.21. The highest BCUT2D eigenvalue weighted by Gasteiger charge is 2.44. The molecule has 1 fully saturated rings. The summed E-state index contributed by atoms with van der Waals surface area (Å²) in [4.78, 5) is 2.24. The summed E-state index contributed by atoms with van der Waals surface area (Å²) in [6.45, 7) is 9.96. The molecule has 3 heteroatoms. The molecule has 0 saturated heterocycles. The van der Waals surface area contributed by atoms with Gasteiger partial charge in [0.15, 0.2) is 0 Å². The summed E-state index contributed by atoms with van der Waals surface area (Å²) in [5, 5.41) is 10.5. The van der Waals surface area contributed by atoms with Gasteiger partial charge in [-0.05, 0) is 38.1 Å². The third-order valence-electron chi connectivity index (χ3n) is 4.13. The van der Waals surface area contributed by atoms with Crippen molar-refractivity contribution in [2.45, 2.75) is 52.2 Å². The predicted molar refractivity (Wildman–Crippen MR) is 68.3 cm³/mol. The Labute approximate surface area is 100 Å². The molecule has 0 aromatic carbocycles. The maximum Gasteiger partial charge on any atom is 0.0923 e. The van der Waals surface area contributed by atoms with E-state index in [2.05, 4.69) is 39.6 Å². The average Bonchev–Trinajstić information content (AvgIpc) is 2.98. The molecule has 2 atom stereocenters. The van der Waals surface area contributed by atoms with Crippen LogP contribution in [0.15, 0.2) is 0 Å². The predicted octanol–water partition coefficient (Wildman–Crippen LogP) is 1.45. The quantitative estimate of drug-likeness (QED) is 0.749. The summed E-state index contributed by atoms with van der Waals surface area (Å²) >= 11 is 0. The first-order chi connectivity index (χ1) is 7.20. The van der Waals surface area contributed by atoms with Gasteiger partial charge >= 0.3 is 0 Å². The molecule has 16 heavy (non-hydrogen) atoms. The van der Waals surface area contributed by atoms with Crippen LogP contribution in [0, 0.1) is 11.3 Å². The lowest BCUT2D eigenvalue weighted by molar-refractivity contribution is -0.0220. The van der Waals surface area contributed by atoms with Crippen molar-refractivity contribution in [3.63, 3.8) is 0 Å². The third-order valence-corrected chi connectivity index (χ3v) is 4.13. The van der Waals surface area contributed by atoms with Crippen molar-refractivity contribution >= 4 is 0 Å². The molecule has 0 spiro atoms. The van der Waals surface area contributed by atoms with Crippen LogP contribution in [0.1, 0.15) is 40.5 Å². The standard InChI is InChI=1S/C13H28N2O/c1-10(12(2,3)4)15(5)9-13(16,8-14)11-6-7-11/h10-11,16H,6-9,14H2,1-5H3. The third kappa shape index (κ3) is 3.19. The monoisotopic (exact) mass is 228 g/mol. The molecule has 3 N–H and O–H groups in total. The molecule has 0 amide bonds. The van der Waals surface area contributed by atoms with Gasteiger partial charge in [0.25, 0.3) is 0 Å². The van der Waals surface area contributed by atoms with E-state index >= 15 is 0 Å². The maximum atomic E-state index is 10.5. The molecule has 0 bridgehead atoms. The second-order valence-corrected chi connectivity index (χ2v) is 6.54. The maximum absolute atomic E-state index is 10.5. The van der Waals surface area contributed by atoms with Gasteiger partial charge < -0.3 is 15.7 Å². The van der Waals surface area contributed by atoms with E-state index in [0.717, 1.165) is 12.8 Å². The van der Waals surface area contributed by atoms with E-state index in [-0.39, 0.29) is 5.41 Å². The van der Waals surface area contributed by atoms with Crippen molar-refractivity contribution in [1.29, 1.82) is 0 Å². The molecule has 96 valence electrons. The Morgan fingerprint density at radius 2 is 1.88 bits per heavy atom. The normalized spacial score (nSPS) is 23.2. The van der Waals surface area contributed by atoms with E-state index < -0.39 is 5.60 Å². The average molecular weight is 228 g/mol. The molecule has 0 radical (unpaired) electrons. The minimum atomic E-state index is -0.672. The fraction of sp³-hybridized carbons (Fsp3) is 1.00. The van der Waals surface area contributed by atoms with E-state index in [1.807, 2.05) is 0 Å². The van der Waals surface area contributed by atoms with Gasteiger partial charge in [-0.15, -0.1) is 0 Å². The molecule has 0 aromatic rings. The van der Waals surface area contributed by atoms with Crippen molar-refractivity contribution in [3.8, 4) is 0 Å². The Hall–Kier alpha value is -0.120. The van der Waals surface area contributed by atoms with E-state index in [1.165, 1.54) is 0 Å². The Bertz CT molecular complexity index is 233. The topological polar surface area (TPSA) is 49.5 Å². The zero-order valence-corrected chi connectivity index (χ0v) is 11.5. The van der Waals surface area contributed by atoms with Crippen LogP contribution in [0.4, 0.5) is 0 Å². The molecular formula is C13H28N2O. The zero-order valence-electron chi connectivity index (χ0n) is 11.5. The highest BCUT2D eigenvalue weighted by atomic mass is 16.3. The molecule has 3 nitrogen and oxygen atoms in total. The van der Waals surface area contributed by atoms with Crippen LogP contribution in [-0.4, -0.2) is 41.8 Å². The van der Waals surface area contributed by atoms with Gasteiger partial charge in [0.05, 0.1) is 5.60 Å². The van der Waals surface area contributed by atoms with Gasteiger partial charge in [-0.1, -0.05) is 20.8 Å². The zero-order chi connectivity index (χ0) is 12.6. The van der Waals surface area contributed by atoms with Crippen LogP contribution in [0.25, 0.3) is 0 Å². The lowest BCUT2D eigenvalue weighted by Crippen LogP contribution is -2.53. The molecule has 1 saturated carbocycles. The van der Waals surface area contributed by atoms with Crippen molar-refractivity contribution < 1.29 is 5.11 Å². The largest absolute Gasteiger partial charge is 0.387 e. The number of hydrogen-bond donors (Lipinski definition) is 2. The van der Waals surface area contributed by atoms with Gasteiger partial charge in [0.2, 0.25) is 0 Å². The Balaban J connectivity index is 2.58. The molecule has 1 aliphatic carbocycles. The van der Waals surface area contributed by atoms with Crippen LogP contribution >= 0.6 is 0 Å². The van der Waals surface area contributed by atoms with Gasteiger partial charge in [0.1, 0.15) is 0 Å². The molecule has 0 heterocycles. The van der Waals surface area contributed by atoms with Crippen LogP contribution < -0.4 is 5.73 Å². The second kappa shape index (κ2) is 4.63. The number of aliphatic hydroxyl groups is 1. The first-order valence-electron chi connectivity index (χ1n) is 6.33. The lowest BCUT2D eigenvalue weighted by atomic mass is 9.86. The Morgan fingerprint density at radius 1 is 1.38 bits per heavy atom. The molecular weight excluding hydrogens is 200 g/mol. The Kier molecular flexibility index (Phi) is 4.04. The minimum Gasteiger partial charge on any atom is -0.387 e. The summed E-state index contributed by atoms with van der Waals surface area (Å²) in [6.07, 6.45) is 2.26. The lowest BCUT2D eigenvalue weighted by Gasteiger charge is -2.40. The van der Waals surface area contributed by atoms with Crippen LogP contribution in [-0.2, 0) is 0 Å². The number of rotatable bonds is 5. The summed E-state index contributed by atoms with van der Waals surface area (Å²) in [6, 6.07) is 0.435. The molecule has 0 aliphatic heterocycles. The first kappa shape index (κ1) is 13.9. The van der Waals surface area contributed by atoms with E-state index in [0.29, 0.717) is 25.0 Å². The molecule has 1 aliphatic rings. The summed E-state index contributed by atoms with van der Waals surface area (Å²) in [7, 11) is 2.08. The van der Waals surface area contributed by atoms with Crippen LogP contribution in [0.3, 0.4) is 0 Å². The highest BCUT2D eigenvalue weighted by Crippen LogP contribution is 2.40. The van der Waals surface area contributed by atoms with Crippen molar-refractivity contribution in [2.75, 3.05) is 20.1 Å². The Morgan fingerprint density at radius 3 is 2.19 bits per heavy atom. The van der Waals surface area contributed by atoms with Crippen molar-refractivity contribution in [2.24, 2.45) is 17.1 Å². The fourth-order valence-corrected chi connectivity index (χ4v) is 2.21. The van der Waals surface area contributed by atoms with E-state index in [9.17, 15) is 5.11 Å². The van der Waals surface area contributed by atoms with E-state index in [1.54, 1.807) is 0 Å². The van der Waals surface area contributed by atoms with Gasteiger partial charge in [-0.2, -0.15) is 0 Å². The van der Waals surface area contributed by atoms with Gasteiger partial charge in [-0.3, -0.25) is 0 Å². The summed E-state index contributed by atoms with van der Waals surface area (Å²) in [5.41, 5.74) is 5.29. The number of nitrogens with two attached hydrogens (primary N) is 1. The molecule has 1 rings (SSSR count). The highest BCUT2D eigenvalue weighted by molar-refractivity contribution is 4.98. The molecule has 0 aromatic heterocycles. The summed E-state index contributed by atoms with van der Waals surface area (Å²) < 4.78 is 0. The second-order valence-electron chi connectivity index (χ2n) is 6.54. The van der Waals surface area contributed by atoms with Crippen LogP contribution in [0.2, 0.25) is 0 Å².